The third-order valence-corrected chi connectivity index (χ3v) is 4.30. The molecule has 4 nitrogen and oxygen atoms in total. The number of benzene rings is 1. The second kappa shape index (κ2) is 5.83. The minimum absolute atomic E-state index is 0.196. The van der Waals surface area contributed by atoms with Crippen molar-refractivity contribution in [2.75, 3.05) is 33.3 Å². The minimum Gasteiger partial charge on any atom is -0.497 e. The Balaban J connectivity index is 1.60. The lowest BCUT2D eigenvalue weighted by Crippen LogP contribution is -2.35. The van der Waals surface area contributed by atoms with Crippen LogP contribution in [0.5, 0.6) is 5.75 Å². The van der Waals surface area contributed by atoms with Gasteiger partial charge in [0.2, 0.25) is 5.91 Å². The number of nitrogens with zero attached hydrogens (tertiary/aromatic N) is 1. The molecule has 1 N–H and O–H groups in total. The zero-order valence-corrected chi connectivity index (χ0v) is 12.0. The molecule has 1 saturated carbocycles. The molecule has 0 radical (unpaired) electrons. The van der Waals surface area contributed by atoms with Gasteiger partial charge in [-0.3, -0.25) is 4.79 Å². The summed E-state index contributed by atoms with van der Waals surface area (Å²) in [7, 11) is 1.67. The van der Waals surface area contributed by atoms with Gasteiger partial charge in [0.05, 0.1) is 7.11 Å². The molecule has 2 fully saturated rings. The van der Waals surface area contributed by atoms with Gasteiger partial charge in [-0.1, -0.05) is 12.1 Å². The third-order valence-electron chi connectivity index (χ3n) is 4.30. The van der Waals surface area contributed by atoms with Crippen LogP contribution in [0.4, 0.5) is 0 Å². The number of hydrogen-bond acceptors (Lipinski definition) is 3. The number of methoxy groups -OCH3 is 1. The van der Waals surface area contributed by atoms with Gasteiger partial charge in [0, 0.05) is 25.6 Å². The van der Waals surface area contributed by atoms with E-state index in [-0.39, 0.29) is 5.92 Å². The van der Waals surface area contributed by atoms with E-state index in [1.165, 1.54) is 5.56 Å². The predicted octanol–water partition coefficient (Wildman–Crippen LogP) is 1.62. The van der Waals surface area contributed by atoms with Crippen molar-refractivity contribution in [2.24, 2.45) is 5.92 Å². The van der Waals surface area contributed by atoms with E-state index in [1.54, 1.807) is 7.11 Å². The normalized spacial score (nSPS) is 25.9. The molecular formula is C16H22N2O2. The van der Waals surface area contributed by atoms with E-state index in [0.717, 1.165) is 44.8 Å². The van der Waals surface area contributed by atoms with Crippen molar-refractivity contribution in [3.8, 4) is 5.75 Å². The minimum atomic E-state index is 0.196. The molecule has 1 amide bonds. The van der Waals surface area contributed by atoms with Crippen molar-refractivity contribution in [1.29, 1.82) is 0 Å². The fourth-order valence-corrected chi connectivity index (χ4v) is 2.99. The van der Waals surface area contributed by atoms with Crippen molar-refractivity contribution < 1.29 is 9.53 Å². The maximum Gasteiger partial charge on any atom is 0.226 e. The van der Waals surface area contributed by atoms with Gasteiger partial charge in [-0.15, -0.1) is 0 Å². The summed E-state index contributed by atoms with van der Waals surface area (Å²) in [5, 5.41) is 3.34. The van der Waals surface area contributed by atoms with Crippen LogP contribution in [0.2, 0.25) is 0 Å². The summed E-state index contributed by atoms with van der Waals surface area (Å²) in [5.41, 5.74) is 1.26. The van der Waals surface area contributed by atoms with Crippen LogP contribution >= 0.6 is 0 Å². The van der Waals surface area contributed by atoms with Crippen molar-refractivity contribution >= 4 is 5.91 Å². The number of hydrogen-bond donors (Lipinski definition) is 1. The standard InChI is InChI=1S/C16H22N2O2/c1-20-13-5-3-12(4-6-13)14-11-15(14)16(19)18-9-2-7-17-8-10-18/h3-6,14-15,17H,2,7-11H2,1H3. The number of nitrogens with one attached hydrogen (secondary N) is 1. The first-order valence-corrected chi connectivity index (χ1v) is 7.43. The SMILES string of the molecule is COc1ccc(C2CC2C(=O)N2CCCNCC2)cc1. The molecule has 1 heterocycles. The quantitative estimate of drug-likeness (QED) is 0.910. The second-order valence-corrected chi connectivity index (χ2v) is 5.65. The van der Waals surface area contributed by atoms with E-state index in [2.05, 4.69) is 17.4 Å². The first-order chi connectivity index (χ1) is 9.79. The number of carbonyl (C=O) groups is 1. The maximum absolute atomic E-state index is 12.5. The smallest absolute Gasteiger partial charge is 0.226 e. The van der Waals surface area contributed by atoms with Crippen LogP contribution < -0.4 is 10.1 Å². The fourth-order valence-electron chi connectivity index (χ4n) is 2.99. The number of ether oxygens (including phenoxy) is 1. The number of carbonyl (C=O) groups excluding carboxylic acids is 1. The summed E-state index contributed by atoms with van der Waals surface area (Å²) in [6.45, 7) is 3.70. The zero-order chi connectivity index (χ0) is 13.9. The fraction of sp³-hybridized carbons (Fsp3) is 0.562. The van der Waals surface area contributed by atoms with Gasteiger partial charge < -0.3 is 15.0 Å². The molecule has 1 aromatic rings. The van der Waals surface area contributed by atoms with Gasteiger partial charge in [0.15, 0.2) is 0 Å². The molecule has 20 heavy (non-hydrogen) atoms. The van der Waals surface area contributed by atoms with E-state index in [1.807, 2.05) is 17.0 Å². The van der Waals surface area contributed by atoms with Gasteiger partial charge >= 0.3 is 0 Å². The van der Waals surface area contributed by atoms with Crippen LogP contribution in [-0.4, -0.2) is 44.1 Å². The van der Waals surface area contributed by atoms with Crippen LogP contribution in [0.15, 0.2) is 24.3 Å². The zero-order valence-electron chi connectivity index (χ0n) is 12.0. The molecule has 1 aliphatic heterocycles. The largest absolute Gasteiger partial charge is 0.497 e. The van der Waals surface area contributed by atoms with E-state index in [9.17, 15) is 4.79 Å². The van der Waals surface area contributed by atoms with E-state index in [4.69, 9.17) is 4.74 Å². The lowest BCUT2D eigenvalue weighted by atomic mass is 10.1. The summed E-state index contributed by atoms with van der Waals surface area (Å²) < 4.78 is 5.17. The van der Waals surface area contributed by atoms with Crippen molar-refractivity contribution in [3.63, 3.8) is 0 Å². The van der Waals surface area contributed by atoms with E-state index in [0.29, 0.717) is 11.8 Å². The molecule has 3 rings (SSSR count). The highest BCUT2D eigenvalue weighted by atomic mass is 16.5. The Morgan fingerprint density at radius 3 is 2.80 bits per heavy atom. The van der Waals surface area contributed by atoms with Crippen LogP contribution in [0.1, 0.15) is 24.3 Å². The average Bonchev–Trinajstić information content (AvgIpc) is 3.30. The third kappa shape index (κ3) is 2.80. The lowest BCUT2D eigenvalue weighted by molar-refractivity contribution is -0.132. The molecule has 2 unspecified atom stereocenters. The Morgan fingerprint density at radius 2 is 2.05 bits per heavy atom. The summed E-state index contributed by atoms with van der Waals surface area (Å²) in [6, 6.07) is 8.12. The average molecular weight is 274 g/mol. The van der Waals surface area contributed by atoms with Gasteiger partial charge in [0.1, 0.15) is 5.75 Å². The molecule has 4 heteroatoms. The van der Waals surface area contributed by atoms with Crippen LogP contribution in [0, 0.1) is 5.92 Å². The summed E-state index contributed by atoms with van der Waals surface area (Å²) in [5.74, 6) is 1.82. The van der Waals surface area contributed by atoms with E-state index >= 15 is 0 Å². The van der Waals surface area contributed by atoms with Gasteiger partial charge in [-0.25, -0.2) is 0 Å². The highest BCUT2D eigenvalue weighted by Gasteiger charge is 2.45. The molecule has 2 aliphatic rings. The molecule has 1 saturated heterocycles. The monoisotopic (exact) mass is 274 g/mol. The highest BCUT2D eigenvalue weighted by Crippen LogP contribution is 2.48. The van der Waals surface area contributed by atoms with Crippen molar-refractivity contribution in [2.45, 2.75) is 18.8 Å². The first-order valence-electron chi connectivity index (χ1n) is 7.43. The topological polar surface area (TPSA) is 41.6 Å². The number of amides is 1. The second-order valence-electron chi connectivity index (χ2n) is 5.65. The summed E-state index contributed by atoms with van der Waals surface area (Å²) in [4.78, 5) is 14.5. The molecule has 1 aliphatic carbocycles. The van der Waals surface area contributed by atoms with Gasteiger partial charge in [0.25, 0.3) is 0 Å². The molecule has 2 atom stereocenters. The molecule has 0 aromatic heterocycles. The van der Waals surface area contributed by atoms with E-state index < -0.39 is 0 Å². The molecule has 1 aromatic carbocycles. The van der Waals surface area contributed by atoms with Crippen molar-refractivity contribution in [3.05, 3.63) is 29.8 Å². The Hall–Kier alpha value is -1.55. The number of rotatable bonds is 3. The maximum atomic E-state index is 12.5. The molecule has 0 spiro atoms. The Labute approximate surface area is 120 Å². The Kier molecular flexibility index (Phi) is 3.92. The Bertz CT molecular complexity index is 464. The van der Waals surface area contributed by atoms with Crippen LogP contribution in [0.3, 0.4) is 0 Å². The summed E-state index contributed by atoms with van der Waals surface area (Å²) in [6.07, 6.45) is 2.06. The predicted molar refractivity (Wildman–Crippen MR) is 77.9 cm³/mol. The van der Waals surface area contributed by atoms with Gasteiger partial charge in [-0.05, 0) is 43.0 Å². The van der Waals surface area contributed by atoms with Crippen molar-refractivity contribution in [1.82, 2.24) is 10.2 Å². The highest BCUT2D eigenvalue weighted by molar-refractivity contribution is 5.83. The van der Waals surface area contributed by atoms with Crippen LogP contribution in [0.25, 0.3) is 0 Å². The molecule has 108 valence electrons. The summed E-state index contributed by atoms with van der Waals surface area (Å²) >= 11 is 0. The van der Waals surface area contributed by atoms with Crippen LogP contribution in [-0.2, 0) is 4.79 Å². The molecule has 0 bridgehead atoms. The Morgan fingerprint density at radius 1 is 1.25 bits per heavy atom. The van der Waals surface area contributed by atoms with Gasteiger partial charge in [-0.2, -0.15) is 0 Å². The molecular weight excluding hydrogens is 252 g/mol. The lowest BCUT2D eigenvalue weighted by Gasteiger charge is -2.20. The first kappa shape index (κ1) is 13.4.